The molecule has 1 aromatic carbocycles. The molecular formula is C16H21N. The van der Waals surface area contributed by atoms with Crippen LogP contribution in [-0.2, 0) is 0 Å². The third kappa shape index (κ3) is 1.92. The van der Waals surface area contributed by atoms with Gasteiger partial charge >= 0.3 is 0 Å². The predicted molar refractivity (Wildman–Crippen MR) is 72.8 cm³/mol. The summed E-state index contributed by atoms with van der Waals surface area (Å²) >= 11 is 0. The van der Waals surface area contributed by atoms with Crippen LogP contribution < -0.4 is 0 Å². The van der Waals surface area contributed by atoms with E-state index in [1.54, 1.807) is 5.56 Å². The van der Waals surface area contributed by atoms with Crippen LogP contribution in [0.2, 0.25) is 0 Å². The summed E-state index contributed by atoms with van der Waals surface area (Å²) in [5.41, 5.74) is 4.32. The summed E-state index contributed by atoms with van der Waals surface area (Å²) < 4.78 is 0. The lowest BCUT2D eigenvalue weighted by molar-refractivity contribution is 0.411. The van der Waals surface area contributed by atoms with Crippen LogP contribution in [0.15, 0.2) is 29.3 Å². The Balaban J connectivity index is 1.98. The van der Waals surface area contributed by atoms with Crippen molar-refractivity contribution in [2.45, 2.75) is 44.4 Å². The number of aliphatic imine (C=N–C) groups is 1. The first-order valence-electron chi connectivity index (χ1n) is 6.95. The molecule has 2 aliphatic carbocycles. The van der Waals surface area contributed by atoms with Gasteiger partial charge in [-0.2, -0.15) is 0 Å². The number of fused-ring (bicyclic) bond motifs is 1. The predicted octanol–water partition coefficient (Wildman–Crippen LogP) is 4.17. The van der Waals surface area contributed by atoms with Gasteiger partial charge < -0.3 is 0 Å². The monoisotopic (exact) mass is 227 g/mol. The molecule has 1 unspecified atom stereocenters. The molecule has 0 spiro atoms. The highest BCUT2D eigenvalue weighted by atomic mass is 14.7. The lowest BCUT2D eigenvalue weighted by Crippen LogP contribution is -2.21. The third-order valence-electron chi connectivity index (χ3n) is 4.60. The average Bonchev–Trinajstić information content (AvgIpc) is 2.91. The molecular weight excluding hydrogens is 206 g/mol. The molecule has 90 valence electrons. The van der Waals surface area contributed by atoms with Crippen LogP contribution in [0.4, 0.5) is 0 Å². The molecule has 0 bridgehead atoms. The van der Waals surface area contributed by atoms with Crippen LogP contribution in [0.25, 0.3) is 0 Å². The fraction of sp³-hybridized carbons (Fsp3) is 0.562. The minimum Gasteiger partial charge on any atom is -0.292 e. The second-order valence-electron chi connectivity index (χ2n) is 5.45. The molecule has 1 saturated carbocycles. The van der Waals surface area contributed by atoms with Gasteiger partial charge in [0.25, 0.3) is 0 Å². The number of benzene rings is 1. The number of rotatable bonds is 1. The number of hydrogen-bond acceptors (Lipinski definition) is 1. The fourth-order valence-corrected chi connectivity index (χ4v) is 3.75. The Morgan fingerprint density at radius 3 is 2.59 bits per heavy atom. The zero-order valence-corrected chi connectivity index (χ0v) is 10.7. The summed E-state index contributed by atoms with van der Waals surface area (Å²) in [5.74, 6) is 1.74. The molecule has 0 heterocycles. The zero-order chi connectivity index (χ0) is 11.7. The van der Waals surface area contributed by atoms with Crippen molar-refractivity contribution in [1.29, 1.82) is 0 Å². The maximum atomic E-state index is 4.47. The largest absolute Gasteiger partial charge is 0.292 e. The summed E-state index contributed by atoms with van der Waals surface area (Å²) in [6.45, 7) is 0. The molecule has 1 heteroatoms. The Morgan fingerprint density at radius 1 is 1.06 bits per heavy atom. The van der Waals surface area contributed by atoms with Crippen LogP contribution in [-0.4, -0.2) is 12.8 Å². The van der Waals surface area contributed by atoms with Crippen molar-refractivity contribution in [3.05, 3.63) is 35.4 Å². The van der Waals surface area contributed by atoms with Crippen LogP contribution in [0.5, 0.6) is 0 Å². The average molecular weight is 227 g/mol. The van der Waals surface area contributed by atoms with Crippen LogP contribution in [0.3, 0.4) is 0 Å². The van der Waals surface area contributed by atoms with Crippen molar-refractivity contribution in [2.24, 2.45) is 10.9 Å². The van der Waals surface area contributed by atoms with Crippen molar-refractivity contribution < 1.29 is 0 Å². The smallest absolute Gasteiger partial charge is 0.0420 e. The topological polar surface area (TPSA) is 12.4 Å². The molecule has 0 amide bonds. The van der Waals surface area contributed by atoms with Crippen LogP contribution in [0.1, 0.15) is 55.6 Å². The van der Waals surface area contributed by atoms with E-state index >= 15 is 0 Å². The normalized spacial score (nSPS) is 27.4. The third-order valence-corrected chi connectivity index (χ3v) is 4.60. The zero-order valence-electron chi connectivity index (χ0n) is 10.7. The van der Waals surface area contributed by atoms with Gasteiger partial charge in [-0.25, -0.2) is 0 Å². The minimum atomic E-state index is 0.805. The molecule has 0 aliphatic heterocycles. The van der Waals surface area contributed by atoms with Gasteiger partial charge in [-0.05, 0) is 48.6 Å². The highest BCUT2D eigenvalue weighted by Gasteiger charge is 2.31. The lowest BCUT2D eigenvalue weighted by atomic mass is 9.74. The Kier molecular flexibility index (Phi) is 3.00. The van der Waals surface area contributed by atoms with Crippen LogP contribution in [0, 0.1) is 5.92 Å². The minimum absolute atomic E-state index is 0.805. The highest BCUT2D eigenvalue weighted by Crippen LogP contribution is 2.43. The van der Waals surface area contributed by atoms with Crippen molar-refractivity contribution in [3.8, 4) is 0 Å². The quantitative estimate of drug-likeness (QED) is 0.682. The number of nitrogens with zero attached hydrogens (tertiary/aromatic N) is 1. The van der Waals surface area contributed by atoms with Gasteiger partial charge in [0.05, 0.1) is 0 Å². The molecule has 2 aliphatic rings. The van der Waals surface area contributed by atoms with Crippen LogP contribution >= 0.6 is 0 Å². The van der Waals surface area contributed by atoms with Gasteiger partial charge in [-0.1, -0.05) is 37.1 Å². The van der Waals surface area contributed by atoms with Crippen molar-refractivity contribution in [3.63, 3.8) is 0 Å². The van der Waals surface area contributed by atoms with Crippen molar-refractivity contribution in [1.82, 2.24) is 0 Å². The second kappa shape index (κ2) is 4.64. The summed E-state index contributed by atoms with van der Waals surface area (Å²) in [5, 5.41) is 0. The maximum Gasteiger partial charge on any atom is 0.0420 e. The Labute approximate surface area is 104 Å². The van der Waals surface area contributed by atoms with Gasteiger partial charge in [-0.3, -0.25) is 4.99 Å². The fourth-order valence-electron chi connectivity index (χ4n) is 3.75. The Hall–Kier alpha value is -1.11. The van der Waals surface area contributed by atoms with E-state index < -0.39 is 0 Å². The highest BCUT2D eigenvalue weighted by molar-refractivity contribution is 6.02. The Morgan fingerprint density at radius 2 is 1.82 bits per heavy atom. The first kappa shape index (κ1) is 11.0. The van der Waals surface area contributed by atoms with Gasteiger partial charge in [0.15, 0.2) is 0 Å². The molecule has 0 saturated heterocycles. The molecule has 0 aromatic heterocycles. The molecule has 1 atom stereocenters. The molecule has 17 heavy (non-hydrogen) atoms. The second-order valence-corrected chi connectivity index (χ2v) is 5.45. The SMILES string of the molecule is CN=C1CCC(C2CCCC2)c2ccccc21. The molecule has 1 aromatic rings. The van der Waals surface area contributed by atoms with E-state index in [-0.39, 0.29) is 0 Å². The Bertz CT molecular complexity index is 427. The maximum absolute atomic E-state index is 4.47. The van der Waals surface area contributed by atoms with E-state index in [1.165, 1.54) is 49.8 Å². The number of hydrogen-bond donors (Lipinski definition) is 0. The van der Waals surface area contributed by atoms with E-state index in [1.807, 2.05) is 7.05 Å². The van der Waals surface area contributed by atoms with Gasteiger partial charge in [0.1, 0.15) is 0 Å². The summed E-state index contributed by atoms with van der Waals surface area (Å²) in [7, 11) is 1.93. The molecule has 0 radical (unpaired) electrons. The van der Waals surface area contributed by atoms with E-state index in [0.29, 0.717) is 0 Å². The summed E-state index contributed by atoms with van der Waals surface area (Å²) in [6, 6.07) is 8.95. The molecule has 3 rings (SSSR count). The lowest BCUT2D eigenvalue weighted by Gasteiger charge is -2.31. The van der Waals surface area contributed by atoms with Gasteiger partial charge in [-0.15, -0.1) is 0 Å². The van der Waals surface area contributed by atoms with E-state index in [0.717, 1.165) is 11.8 Å². The first-order chi connectivity index (χ1) is 8.40. The summed E-state index contributed by atoms with van der Waals surface area (Å²) in [6.07, 6.45) is 8.26. The summed E-state index contributed by atoms with van der Waals surface area (Å²) in [4.78, 5) is 4.47. The molecule has 1 fully saturated rings. The molecule has 0 N–H and O–H groups in total. The van der Waals surface area contributed by atoms with Gasteiger partial charge in [0.2, 0.25) is 0 Å². The van der Waals surface area contributed by atoms with Crippen molar-refractivity contribution >= 4 is 5.71 Å². The van der Waals surface area contributed by atoms with Gasteiger partial charge in [0, 0.05) is 12.8 Å². The van der Waals surface area contributed by atoms with Crippen molar-refractivity contribution in [2.75, 3.05) is 7.05 Å². The first-order valence-corrected chi connectivity index (χ1v) is 6.95. The van der Waals surface area contributed by atoms with E-state index in [2.05, 4.69) is 29.3 Å². The van der Waals surface area contributed by atoms with E-state index in [9.17, 15) is 0 Å². The van der Waals surface area contributed by atoms with E-state index in [4.69, 9.17) is 0 Å². The molecule has 1 nitrogen and oxygen atoms in total. The standard InChI is InChI=1S/C16H21N/c1-17-16-11-10-13(12-6-2-3-7-12)14-8-4-5-9-15(14)16/h4-5,8-9,12-13H,2-3,6-7,10-11H2,1H3.